The molecule has 1 nitrogen and oxygen atoms in total. The molecule has 1 aromatic heterocycles. The van der Waals surface area contributed by atoms with Crippen LogP contribution in [0.4, 0.5) is 5.69 Å². The van der Waals surface area contributed by atoms with Gasteiger partial charge in [0.2, 0.25) is 0 Å². The van der Waals surface area contributed by atoms with Crippen molar-refractivity contribution >= 4 is 44.6 Å². The Kier molecular flexibility index (Phi) is 4.48. The minimum atomic E-state index is 0.806. The van der Waals surface area contributed by atoms with Gasteiger partial charge in [0, 0.05) is 17.3 Å². The maximum atomic E-state index is 6.28. The monoisotopic (exact) mass is 329 g/mol. The summed E-state index contributed by atoms with van der Waals surface area (Å²) in [5.74, 6) is 0. The van der Waals surface area contributed by atoms with Crippen LogP contribution in [0.1, 0.15) is 10.4 Å². The maximum Gasteiger partial charge on any atom is 0.0642 e. The SMILES string of the molecule is CN(Cc1cccs1)c1ccc(CBr)cc1Cl. The molecule has 0 aliphatic carbocycles. The van der Waals surface area contributed by atoms with E-state index in [0.717, 1.165) is 22.6 Å². The second-order valence-electron chi connectivity index (χ2n) is 3.85. The summed E-state index contributed by atoms with van der Waals surface area (Å²) in [5, 5.41) is 3.74. The van der Waals surface area contributed by atoms with Gasteiger partial charge in [-0.1, -0.05) is 39.7 Å². The van der Waals surface area contributed by atoms with E-state index < -0.39 is 0 Å². The van der Waals surface area contributed by atoms with Crippen molar-refractivity contribution in [2.24, 2.45) is 0 Å². The van der Waals surface area contributed by atoms with Gasteiger partial charge in [0.05, 0.1) is 17.3 Å². The molecule has 17 heavy (non-hydrogen) atoms. The summed E-state index contributed by atoms with van der Waals surface area (Å²) in [4.78, 5) is 3.51. The summed E-state index contributed by atoms with van der Waals surface area (Å²) in [7, 11) is 2.06. The van der Waals surface area contributed by atoms with Gasteiger partial charge in [-0.2, -0.15) is 0 Å². The third-order valence-corrected chi connectivity index (χ3v) is 4.36. The minimum Gasteiger partial charge on any atom is -0.368 e. The van der Waals surface area contributed by atoms with Crippen molar-refractivity contribution < 1.29 is 0 Å². The van der Waals surface area contributed by atoms with Crippen LogP contribution in [-0.2, 0) is 11.9 Å². The van der Waals surface area contributed by atoms with Gasteiger partial charge in [0.15, 0.2) is 0 Å². The number of hydrogen-bond donors (Lipinski definition) is 0. The quantitative estimate of drug-likeness (QED) is 0.718. The topological polar surface area (TPSA) is 3.24 Å². The standard InChI is InChI=1S/C13H13BrClNS/c1-16(9-11-3-2-6-17-11)13-5-4-10(8-14)7-12(13)15/h2-7H,8-9H2,1H3. The number of rotatable bonds is 4. The summed E-state index contributed by atoms with van der Waals surface area (Å²) in [5.41, 5.74) is 2.27. The van der Waals surface area contributed by atoms with E-state index in [0.29, 0.717) is 0 Å². The van der Waals surface area contributed by atoms with Gasteiger partial charge in [0.1, 0.15) is 0 Å². The zero-order valence-corrected chi connectivity index (χ0v) is 12.6. The highest BCUT2D eigenvalue weighted by atomic mass is 79.9. The molecule has 0 spiro atoms. The summed E-state index contributed by atoms with van der Waals surface area (Å²) in [6.45, 7) is 0.894. The molecular formula is C13H13BrClNS. The molecule has 0 saturated heterocycles. The van der Waals surface area contributed by atoms with E-state index in [1.807, 2.05) is 6.07 Å². The Hall–Kier alpha value is -0.510. The Morgan fingerprint density at radius 1 is 1.35 bits per heavy atom. The lowest BCUT2D eigenvalue weighted by molar-refractivity contribution is 0.940. The molecule has 0 radical (unpaired) electrons. The Balaban J connectivity index is 2.16. The van der Waals surface area contributed by atoms with Gasteiger partial charge in [-0.05, 0) is 29.1 Å². The first-order chi connectivity index (χ1) is 8.20. The lowest BCUT2D eigenvalue weighted by Gasteiger charge is -2.20. The molecule has 0 aliphatic heterocycles. The molecule has 1 heterocycles. The van der Waals surface area contributed by atoms with Crippen LogP contribution in [-0.4, -0.2) is 7.05 Å². The zero-order valence-electron chi connectivity index (χ0n) is 9.49. The molecule has 0 bridgehead atoms. The highest BCUT2D eigenvalue weighted by Crippen LogP contribution is 2.28. The van der Waals surface area contributed by atoms with Crippen LogP contribution >= 0.6 is 38.9 Å². The average Bonchev–Trinajstić information content (AvgIpc) is 2.81. The predicted molar refractivity (Wildman–Crippen MR) is 80.5 cm³/mol. The molecule has 0 fully saturated rings. The summed E-state index contributed by atoms with van der Waals surface area (Å²) in [6.07, 6.45) is 0. The number of benzene rings is 1. The largest absolute Gasteiger partial charge is 0.368 e. The molecule has 0 atom stereocenters. The van der Waals surface area contributed by atoms with Crippen molar-refractivity contribution in [3.8, 4) is 0 Å². The lowest BCUT2D eigenvalue weighted by atomic mass is 10.2. The van der Waals surface area contributed by atoms with Crippen molar-refractivity contribution in [1.29, 1.82) is 0 Å². The van der Waals surface area contributed by atoms with E-state index in [1.165, 1.54) is 10.4 Å². The third kappa shape index (κ3) is 3.24. The zero-order chi connectivity index (χ0) is 12.3. The van der Waals surface area contributed by atoms with Gasteiger partial charge in [-0.15, -0.1) is 11.3 Å². The molecular weight excluding hydrogens is 318 g/mol. The fraction of sp³-hybridized carbons (Fsp3) is 0.231. The summed E-state index contributed by atoms with van der Waals surface area (Å²) < 4.78 is 0. The number of halogens is 2. The predicted octanol–water partition coefficient (Wildman–Crippen LogP) is 4.93. The molecule has 1 aromatic carbocycles. The second kappa shape index (κ2) is 5.89. The van der Waals surface area contributed by atoms with Crippen LogP contribution in [0.25, 0.3) is 0 Å². The van der Waals surface area contributed by atoms with E-state index in [4.69, 9.17) is 11.6 Å². The van der Waals surface area contributed by atoms with Gasteiger partial charge in [0.25, 0.3) is 0 Å². The molecule has 4 heteroatoms. The van der Waals surface area contributed by atoms with Crippen molar-refractivity contribution in [3.63, 3.8) is 0 Å². The van der Waals surface area contributed by atoms with Crippen LogP contribution in [0.15, 0.2) is 35.7 Å². The summed E-state index contributed by atoms with van der Waals surface area (Å²) >= 11 is 11.5. The lowest BCUT2D eigenvalue weighted by Crippen LogP contribution is -2.15. The Labute approximate surface area is 119 Å². The maximum absolute atomic E-state index is 6.28. The molecule has 0 aliphatic rings. The van der Waals surface area contributed by atoms with Gasteiger partial charge < -0.3 is 4.90 Å². The molecule has 2 aromatic rings. The summed E-state index contributed by atoms with van der Waals surface area (Å²) in [6, 6.07) is 10.4. The van der Waals surface area contributed by atoms with E-state index >= 15 is 0 Å². The minimum absolute atomic E-state index is 0.806. The molecule has 2 rings (SSSR count). The molecule has 0 unspecified atom stereocenters. The number of hydrogen-bond acceptors (Lipinski definition) is 2. The normalized spacial score (nSPS) is 10.5. The first-order valence-corrected chi connectivity index (χ1v) is 7.66. The first kappa shape index (κ1) is 12.9. The van der Waals surface area contributed by atoms with E-state index in [2.05, 4.69) is 57.5 Å². The fourth-order valence-corrected chi connectivity index (χ4v) is 3.12. The number of nitrogens with zero attached hydrogens (tertiary/aromatic N) is 1. The molecule has 0 saturated carbocycles. The van der Waals surface area contributed by atoms with Crippen LogP contribution in [0.3, 0.4) is 0 Å². The van der Waals surface area contributed by atoms with Gasteiger partial charge in [-0.3, -0.25) is 0 Å². The Morgan fingerprint density at radius 2 is 2.18 bits per heavy atom. The van der Waals surface area contributed by atoms with Crippen LogP contribution in [0, 0.1) is 0 Å². The van der Waals surface area contributed by atoms with Crippen molar-refractivity contribution in [2.45, 2.75) is 11.9 Å². The van der Waals surface area contributed by atoms with Crippen molar-refractivity contribution in [3.05, 3.63) is 51.2 Å². The highest BCUT2D eigenvalue weighted by molar-refractivity contribution is 9.08. The molecule has 0 N–H and O–H groups in total. The number of thiophene rings is 1. The Bertz CT molecular complexity index is 484. The van der Waals surface area contributed by atoms with Gasteiger partial charge in [-0.25, -0.2) is 0 Å². The highest BCUT2D eigenvalue weighted by Gasteiger charge is 2.07. The van der Waals surface area contributed by atoms with Crippen LogP contribution < -0.4 is 4.90 Å². The van der Waals surface area contributed by atoms with Gasteiger partial charge >= 0.3 is 0 Å². The average molecular weight is 331 g/mol. The van der Waals surface area contributed by atoms with E-state index in [-0.39, 0.29) is 0 Å². The van der Waals surface area contributed by atoms with E-state index in [9.17, 15) is 0 Å². The first-order valence-electron chi connectivity index (χ1n) is 5.28. The number of anilines is 1. The van der Waals surface area contributed by atoms with E-state index in [1.54, 1.807) is 11.3 Å². The third-order valence-electron chi connectivity index (χ3n) is 2.55. The smallest absolute Gasteiger partial charge is 0.0642 e. The number of alkyl halides is 1. The van der Waals surface area contributed by atoms with Crippen LogP contribution in [0.2, 0.25) is 5.02 Å². The fourth-order valence-electron chi connectivity index (χ4n) is 1.66. The second-order valence-corrected chi connectivity index (χ2v) is 5.86. The van der Waals surface area contributed by atoms with Crippen LogP contribution in [0.5, 0.6) is 0 Å². The Morgan fingerprint density at radius 3 is 2.76 bits per heavy atom. The van der Waals surface area contributed by atoms with Crippen molar-refractivity contribution in [2.75, 3.05) is 11.9 Å². The molecule has 0 amide bonds. The molecule has 90 valence electrons. The van der Waals surface area contributed by atoms with Crippen molar-refractivity contribution in [1.82, 2.24) is 0 Å².